The number of hydrogen-bond donors (Lipinski definition) is 2. The molecule has 0 aliphatic heterocycles. The number of anilines is 2. The van der Waals surface area contributed by atoms with Gasteiger partial charge in [0.05, 0.1) is 23.5 Å². The van der Waals surface area contributed by atoms with Crippen LogP contribution in [0.2, 0.25) is 0 Å². The van der Waals surface area contributed by atoms with Gasteiger partial charge in [-0.2, -0.15) is 0 Å². The fourth-order valence-electron chi connectivity index (χ4n) is 3.88. The van der Waals surface area contributed by atoms with E-state index in [1.807, 2.05) is 42.5 Å². The molecule has 2 amide bonds. The Morgan fingerprint density at radius 2 is 1.17 bits per heavy atom. The van der Waals surface area contributed by atoms with Crippen molar-refractivity contribution in [3.8, 4) is 0 Å². The van der Waals surface area contributed by atoms with Crippen LogP contribution in [0.3, 0.4) is 0 Å². The second-order valence-electron chi connectivity index (χ2n) is 8.97. The topological polar surface area (TPSA) is 95.8 Å². The molecule has 0 radical (unpaired) electrons. The molecule has 0 saturated carbocycles. The molecule has 0 fully saturated rings. The summed E-state index contributed by atoms with van der Waals surface area (Å²) >= 11 is 0. The van der Waals surface area contributed by atoms with Gasteiger partial charge >= 0.3 is 0 Å². The quantitative estimate of drug-likeness (QED) is 0.153. The molecule has 0 saturated heterocycles. The minimum atomic E-state index is -0.248. The van der Waals surface area contributed by atoms with Crippen LogP contribution in [0.5, 0.6) is 0 Å². The number of fused-ring (bicyclic) bond motifs is 2. The number of pyridine rings is 1. The summed E-state index contributed by atoms with van der Waals surface area (Å²) in [6, 6.07) is 13.3. The molecule has 0 unspecified atom stereocenters. The van der Waals surface area contributed by atoms with Gasteiger partial charge in [0.2, 0.25) is 0 Å². The Balaban J connectivity index is 1.62. The van der Waals surface area contributed by atoms with Crippen molar-refractivity contribution in [1.29, 1.82) is 0 Å². The molecule has 2 aromatic carbocycles. The molecule has 0 aliphatic rings. The van der Waals surface area contributed by atoms with Gasteiger partial charge in [-0.3, -0.25) is 19.6 Å². The maximum Gasteiger partial charge on any atom is 0.266 e. The first-order valence-corrected chi connectivity index (χ1v) is 13.0. The first kappa shape index (κ1) is 27.0. The van der Waals surface area contributed by atoms with Crippen LogP contribution in [0.1, 0.15) is 65.2 Å². The van der Waals surface area contributed by atoms with Crippen LogP contribution in [0.4, 0.5) is 11.4 Å². The first-order valence-electron chi connectivity index (χ1n) is 13.0. The molecule has 1 heterocycles. The maximum atomic E-state index is 12.2. The normalized spacial score (nSPS) is 11.6. The molecule has 190 valence electrons. The fraction of sp³-hybridized carbons (Fsp3) is 0.414. The number of benzene rings is 2. The summed E-state index contributed by atoms with van der Waals surface area (Å²) in [5.74, 6) is -0.495. The van der Waals surface area contributed by atoms with Crippen LogP contribution in [-0.4, -0.2) is 42.3 Å². The zero-order valence-corrected chi connectivity index (χ0v) is 21.4. The monoisotopic (exact) mass is 487 g/mol. The molecule has 3 aromatic rings. The number of rotatable bonds is 14. The van der Waals surface area contributed by atoms with Gasteiger partial charge in [-0.25, -0.2) is 4.98 Å². The Labute approximate surface area is 213 Å². The molecule has 0 atom stereocenters. The second kappa shape index (κ2) is 14.7. The largest absolute Gasteiger partial charge is 0.321 e. The van der Waals surface area contributed by atoms with E-state index in [0.29, 0.717) is 24.5 Å². The van der Waals surface area contributed by atoms with Crippen molar-refractivity contribution in [2.45, 2.75) is 65.2 Å². The van der Waals surface area contributed by atoms with E-state index in [1.54, 1.807) is 0 Å². The highest BCUT2D eigenvalue weighted by Crippen LogP contribution is 2.24. The van der Waals surface area contributed by atoms with Gasteiger partial charge in [0, 0.05) is 35.2 Å². The number of amides is 2. The van der Waals surface area contributed by atoms with Gasteiger partial charge in [0.25, 0.3) is 11.8 Å². The minimum Gasteiger partial charge on any atom is -0.321 e. The van der Waals surface area contributed by atoms with Crippen LogP contribution >= 0.6 is 0 Å². The van der Waals surface area contributed by atoms with Gasteiger partial charge < -0.3 is 10.6 Å². The first-order chi connectivity index (χ1) is 17.6. The molecular weight excluding hydrogens is 450 g/mol. The molecule has 0 aliphatic carbocycles. The predicted molar refractivity (Wildman–Crippen MR) is 152 cm³/mol. The third-order valence-corrected chi connectivity index (χ3v) is 5.85. The Kier molecular flexibility index (Phi) is 11.0. The predicted octanol–water partition coefficient (Wildman–Crippen LogP) is 6.57. The van der Waals surface area contributed by atoms with Crippen LogP contribution in [-0.2, 0) is 9.59 Å². The van der Waals surface area contributed by atoms with E-state index in [0.717, 1.165) is 47.5 Å². The van der Waals surface area contributed by atoms with Gasteiger partial charge in [-0.05, 0) is 43.2 Å². The van der Waals surface area contributed by atoms with Crippen LogP contribution in [0.15, 0.2) is 52.4 Å². The van der Waals surface area contributed by atoms with E-state index in [-0.39, 0.29) is 11.8 Å². The number of nitrogens with zero attached hydrogens (tertiary/aromatic N) is 3. The second-order valence-corrected chi connectivity index (χ2v) is 8.97. The van der Waals surface area contributed by atoms with Crippen molar-refractivity contribution < 1.29 is 9.59 Å². The van der Waals surface area contributed by atoms with Gasteiger partial charge in [0.1, 0.15) is 0 Å². The molecule has 36 heavy (non-hydrogen) atoms. The summed E-state index contributed by atoms with van der Waals surface area (Å²) in [6.45, 7) is 5.68. The Bertz CT molecular complexity index is 1130. The summed E-state index contributed by atoms with van der Waals surface area (Å²) < 4.78 is 0. The Morgan fingerprint density at radius 3 is 1.61 bits per heavy atom. The number of nitrogens with one attached hydrogen (secondary N) is 2. The summed E-state index contributed by atoms with van der Waals surface area (Å²) in [5.41, 5.74) is 2.84. The zero-order chi connectivity index (χ0) is 25.6. The van der Waals surface area contributed by atoms with Crippen molar-refractivity contribution >= 4 is 57.4 Å². The van der Waals surface area contributed by atoms with Crippen molar-refractivity contribution in [3.05, 3.63) is 42.5 Å². The summed E-state index contributed by atoms with van der Waals surface area (Å²) in [6.07, 6.45) is 11.7. The number of carbonyl (C=O) groups excluding carboxylic acids is 2. The highest BCUT2D eigenvalue weighted by Gasteiger charge is 2.06. The average molecular weight is 488 g/mol. The van der Waals surface area contributed by atoms with Crippen LogP contribution in [0, 0.1) is 0 Å². The molecule has 7 heteroatoms. The van der Waals surface area contributed by atoms with E-state index in [1.165, 1.54) is 38.1 Å². The SMILES string of the molecule is CCCCCCN=CC(=O)Nc1ccc2cc3ccc(NC(=O)C=NCCCCCC)cc3nc2c1. The van der Waals surface area contributed by atoms with Crippen LogP contribution < -0.4 is 10.6 Å². The lowest BCUT2D eigenvalue weighted by atomic mass is 10.1. The zero-order valence-electron chi connectivity index (χ0n) is 21.4. The molecule has 0 bridgehead atoms. The number of hydrogen-bond acceptors (Lipinski definition) is 5. The number of aromatic nitrogens is 1. The number of aliphatic imine (C=N–C) groups is 2. The molecule has 0 spiro atoms. The molecule has 2 N–H and O–H groups in total. The maximum absolute atomic E-state index is 12.2. The van der Waals surface area contributed by atoms with Gasteiger partial charge in [0.15, 0.2) is 0 Å². The van der Waals surface area contributed by atoms with Crippen molar-refractivity contribution in [2.75, 3.05) is 23.7 Å². The smallest absolute Gasteiger partial charge is 0.266 e. The molecular formula is C29H37N5O2. The van der Waals surface area contributed by atoms with E-state index in [9.17, 15) is 9.59 Å². The highest BCUT2D eigenvalue weighted by atomic mass is 16.2. The highest BCUT2D eigenvalue weighted by molar-refractivity contribution is 6.32. The summed E-state index contributed by atoms with van der Waals surface area (Å²) in [4.78, 5) is 37.6. The van der Waals surface area contributed by atoms with Crippen LogP contribution in [0.25, 0.3) is 21.8 Å². The lowest BCUT2D eigenvalue weighted by molar-refractivity contribution is -0.110. The van der Waals surface area contributed by atoms with Gasteiger partial charge in [-0.1, -0.05) is 64.5 Å². The Hall–Kier alpha value is -3.61. The lowest BCUT2D eigenvalue weighted by Crippen LogP contribution is -2.13. The lowest BCUT2D eigenvalue weighted by Gasteiger charge is -2.07. The van der Waals surface area contributed by atoms with Crippen molar-refractivity contribution in [2.24, 2.45) is 9.98 Å². The third kappa shape index (κ3) is 8.87. The van der Waals surface area contributed by atoms with Gasteiger partial charge in [-0.15, -0.1) is 0 Å². The van der Waals surface area contributed by atoms with Crippen molar-refractivity contribution in [3.63, 3.8) is 0 Å². The number of carbonyl (C=O) groups is 2. The standard InChI is InChI=1S/C29H37N5O2/c1-3-5-7-9-15-30-20-28(35)32-24-13-11-22-17-23-12-14-25(19-27(23)34-26(22)18-24)33-29(36)21-31-16-10-8-6-4-2/h11-14,17-21H,3-10,15-16H2,1-2H3,(H,32,35)(H,33,36). The minimum absolute atomic E-state index is 0.248. The Morgan fingerprint density at radius 1 is 0.694 bits per heavy atom. The fourth-order valence-corrected chi connectivity index (χ4v) is 3.88. The molecule has 7 nitrogen and oxygen atoms in total. The van der Waals surface area contributed by atoms with E-state index in [4.69, 9.17) is 4.98 Å². The van der Waals surface area contributed by atoms with E-state index >= 15 is 0 Å². The average Bonchev–Trinajstić information content (AvgIpc) is 2.87. The molecule has 1 aromatic heterocycles. The summed E-state index contributed by atoms with van der Waals surface area (Å²) in [7, 11) is 0. The van der Waals surface area contributed by atoms with E-state index < -0.39 is 0 Å². The van der Waals surface area contributed by atoms with E-state index in [2.05, 4.69) is 34.5 Å². The number of unbranched alkanes of at least 4 members (excludes halogenated alkanes) is 6. The third-order valence-electron chi connectivity index (χ3n) is 5.85. The van der Waals surface area contributed by atoms with Crippen molar-refractivity contribution in [1.82, 2.24) is 4.98 Å². The molecule has 3 rings (SSSR count). The summed E-state index contributed by atoms with van der Waals surface area (Å²) in [5, 5.41) is 7.65.